The highest BCUT2D eigenvalue weighted by molar-refractivity contribution is 4.67. The van der Waals surface area contributed by atoms with Gasteiger partial charge in [-0.25, -0.2) is 0 Å². The van der Waals surface area contributed by atoms with E-state index >= 15 is 0 Å². The maximum Gasteiger partial charge on any atom is 0.0107 e. The second-order valence-corrected chi connectivity index (χ2v) is 5.39. The van der Waals surface area contributed by atoms with Gasteiger partial charge in [-0.3, -0.25) is 0 Å². The summed E-state index contributed by atoms with van der Waals surface area (Å²) in [6.45, 7) is 12.0. The van der Waals surface area contributed by atoms with E-state index in [-0.39, 0.29) is 0 Å². The van der Waals surface area contributed by atoms with Crippen LogP contribution in [0.2, 0.25) is 0 Å². The van der Waals surface area contributed by atoms with Crippen molar-refractivity contribution in [1.29, 1.82) is 0 Å². The fourth-order valence-corrected chi connectivity index (χ4v) is 2.35. The molecule has 0 aromatic rings. The first kappa shape index (κ1) is 14.9. The standard InChI is InChI=1S/C14H31N3/c1-4-14(2)16(3)13-9-15-8-7-12-17-10-5-6-11-17/h14-15H,4-13H2,1-3H3. The van der Waals surface area contributed by atoms with Gasteiger partial charge in [0.1, 0.15) is 0 Å². The van der Waals surface area contributed by atoms with E-state index in [0.29, 0.717) is 6.04 Å². The Morgan fingerprint density at radius 3 is 2.59 bits per heavy atom. The van der Waals surface area contributed by atoms with Crippen LogP contribution in [0, 0.1) is 0 Å². The van der Waals surface area contributed by atoms with Gasteiger partial charge < -0.3 is 15.1 Å². The van der Waals surface area contributed by atoms with Crippen LogP contribution in [0.15, 0.2) is 0 Å². The Morgan fingerprint density at radius 2 is 1.94 bits per heavy atom. The Bertz CT molecular complexity index is 178. The molecule has 1 aliphatic rings. The van der Waals surface area contributed by atoms with Crippen LogP contribution in [-0.4, -0.2) is 62.2 Å². The number of likely N-dealkylation sites (tertiary alicyclic amines) is 1. The second-order valence-electron chi connectivity index (χ2n) is 5.39. The van der Waals surface area contributed by atoms with Gasteiger partial charge in [-0.2, -0.15) is 0 Å². The molecule has 3 nitrogen and oxygen atoms in total. The molecule has 1 saturated heterocycles. The topological polar surface area (TPSA) is 18.5 Å². The largest absolute Gasteiger partial charge is 0.315 e. The van der Waals surface area contributed by atoms with Gasteiger partial charge in [-0.15, -0.1) is 0 Å². The molecule has 0 radical (unpaired) electrons. The number of nitrogens with one attached hydrogen (secondary N) is 1. The molecule has 0 amide bonds. The summed E-state index contributed by atoms with van der Waals surface area (Å²) in [5, 5.41) is 3.55. The summed E-state index contributed by atoms with van der Waals surface area (Å²) in [5.74, 6) is 0. The molecule has 0 aromatic carbocycles. The Kier molecular flexibility index (Phi) is 7.82. The predicted molar refractivity (Wildman–Crippen MR) is 75.5 cm³/mol. The maximum atomic E-state index is 3.55. The monoisotopic (exact) mass is 241 g/mol. The molecule has 0 aromatic heterocycles. The molecule has 0 bridgehead atoms. The molecular weight excluding hydrogens is 210 g/mol. The average Bonchev–Trinajstić information content (AvgIpc) is 2.85. The average molecular weight is 241 g/mol. The van der Waals surface area contributed by atoms with Crippen LogP contribution in [-0.2, 0) is 0 Å². The van der Waals surface area contributed by atoms with Crippen LogP contribution >= 0.6 is 0 Å². The van der Waals surface area contributed by atoms with Gasteiger partial charge in [0, 0.05) is 19.1 Å². The molecule has 1 rings (SSSR count). The Hall–Kier alpha value is -0.120. The smallest absolute Gasteiger partial charge is 0.0107 e. The summed E-state index contributed by atoms with van der Waals surface area (Å²) in [6, 6.07) is 0.710. The fraction of sp³-hybridized carbons (Fsp3) is 1.00. The number of hydrogen-bond donors (Lipinski definition) is 1. The van der Waals surface area contributed by atoms with Gasteiger partial charge in [0.25, 0.3) is 0 Å². The summed E-state index contributed by atoms with van der Waals surface area (Å²) in [6.07, 6.45) is 5.36. The van der Waals surface area contributed by atoms with E-state index < -0.39 is 0 Å². The van der Waals surface area contributed by atoms with Crippen molar-refractivity contribution in [2.24, 2.45) is 0 Å². The predicted octanol–water partition coefficient (Wildman–Crippen LogP) is 1.79. The molecule has 0 saturated carbocycles. The van der Waals surface area contributed by atoms with E-state index in [4.69, 9.17) is 0 Å². The van der Waals surface area contributed by atoms with Crippen LogP contribution in [0.4, 0.5) is 0 Å². The minimum atomic E-state index is 0.710. The van der Waals surface area contributed by atoms with Gasteiger partial charge in [-0.05, 0) is 65.8 Å². The molecule has 1 heterocycles. The molecule has 1 N–H and O–H groups in total. The van der Waals surface area contributed by atoms with E-state index in [0.717, 1.165) is 6.54 Å². The minimum absolute atomic E-state index is 0.710. The molecule has 1 fully saturated rings. The Morgan fingerprint density at radius 1 is 1.24 bits per heavy atom. The summed E-state index contributed by atoms with van der Waals surface area (Å²) in [7, 11) is 2.22. The van der Waals surface area contributed by atoms with Crippen LogP contribution in [0.3, 0.4) is 0 Å². The van der Waals surface area contributed by atoms with E-state index in [9.17, 15) is 0 Å². The van der Waals surface area contributed by atoms with Gasteiger partial charge in [0.2, 0.25) is 0 Å². The molecular formula is C14H31N3. The first-order valence-electron chi connectivity index (χ1n) is 7.37. The lowest BCUT2D eigenvalue weighted by Gasteiger charge is -2.23. The first-order chi connectivity index (χ1) is 8.24. The number of rotatable bonds is 9. The molecule has 1 atom stereocenters. The Balaban J connectivity index is 1.86. The molecule has 102 valence electrons. The normalized spacial score (nSPS) is 19.1. The fourth-order valence-electron chi connectivity index (χ4n) is 2.35. The number of likely N-dealkylation sites (N-methyl/N-ethyl adjacent to an activating group) is 1. The highest BCUT2D eigenvalue weighted by Crippen LogP contribution is 2.06. The van der Waals surface area contributed by atoms with Gasteiger partial charge in [0.15, 0.2) is 0 Å². The molecule has 3 heteroatoms. The molecule has 0 aliphatic carbocycles. The van der Waals surface area contributed by atoms with Crippen molar-refractivity contribution in [2.75, 3.05) is 46.3 Å². The zero-order valence-corrected chi connectivity index (χ0v) is 12.0. The highest BCUT2D eigenvalue weighted by atomic mass is 15.1. The maximum absolute atomic E-state index is 3.55. The summed E-state index contributed by atoms with van der Waals surface area (Å²) < 4.78 is 0. The van der Waals surface area contributed by atoms with Crippen molar-refractivity contribution in [3.05, 3.63) is 0 Å². The van der Waals surface area contributed by atoms with E-state index in [2.05, 4.69) is 36.0 Å². The van der Waals surface area contributed by atoms with E-state index in [1.54, 1.807) is 0 Å². The van der Waals surface area contributed by atoms with Crippen molar-refractivity contribution in [1.82, 2.24) is 15.1 Å². The summed E-state index contributed by atoms with van der Waals surface area (Å²) in [4.78, 5) is 5.03. The van der Waals surface area contributed by atoms with Crippen molar-refractivity contribution in [3.8, 4) is 0 Å². The SMILES string of the molecule is CCC(C)N(C)CCNCCCN1CCCC1. The van der Waals surface area contributed by atoms with Crippen LogP contribution in [0.1, 0.15) is 39.5 Å². The lowest BCUT2D eigenvalue weighted by Crippen LogP contribution is -2.35. The zero-order chi connectivity index (χ0) is 12.5. The zero-order valence-electron chi connectivity index (χ0n) is 12.0. The highest BCUT2D eigenvalue weighted by Gasteiger charge is 2.10. The third-order valence-electron chi connectivity index (χ3n) is 4.01. The number of hydrogen-bond acceptors (Lipinski definition) is 3. The third kappa shape index (κ3) is 6.39. The van der Waals surface area contributed by atoms with Crippen LogP contribution < -0.4 is 5.32 Å². The van der Waals surface area contributed by atoms with Crippen LogP contribution in [0.25, 0.3) is 0 Å². The first-order valence-corrected chi connectivity index (χ1v) is 7.37. The van der Waals surface area contributed by atoms with E-state index in [1.807, 2.05) is 0 Å². The quantitative estimate of drug-likeness (QED) is 0.621. The van der Waals surface area contributed by atoms with Gasteiger partial charge in [-0.1, -0.05) is 6.92 Å². The Labute approximate surface area is 108 Å². The lowest BCUT2D eigenvalue weighted by molar-refractivity contribution is 0.251. The lowest BCUT2D eigenvalue weighted by atomic mass is 10.2. The number of nitrogens with zero attached hydrogens (tertiary/aromatic N) is 2. The molecule has 0 spiro atoms. The van der Waals surface area contributed by atoms with Crippen molar-refractivity contribution in [2.45, 2.75) is 45.6 Å². The molecule has 1 aliphatic heterocycles. The van der Waals surface area contributed by atoms with Crippen molar-refractivity contribution < 1.29 is 0 Å². The van der Waals surface area contributed by atoms with E-state index in [1.165, 1.54) is 58.4 Å². The van der Waals surface area contributed by atoms with Crippen molar-refractivity contribution >= 4 is 0 Å². The summed E-state index contributed by atoms with van der Waals surface area (Å²) in [5.41, 5.74) is 0. The van der Waals surface area contributed by atoms with Crippen LogP contribution in [0.5, 0.6) is 0 Å². The third-order valence-corrected chi connectivity index (χ3v) is 4.01. The van der Waals surface area contributed by atoms with Gasteiger partial charge >= 0.3 is 0 Å². The second kappa shape index (κ2) is 8.90. The molecule has 1 unspecified atom stereocenters. The minimum Gasteiger partial charge on any atom is -0.315 e. The van der Waals surface area contributed by atoms with Gasteiger partial charge in [0.05, 0.1) is 0 Å². The summed E-state index contributed by atoms with van der Waals surface area (Å²) >= 11 is 0. The molecule has 17 heavy (non-hydrogen) atoms. The van der Waals surface area contributed by atoms with Crippen molar-refractivity contribution in [3.63, 3.8) is 0 Å².